The minimum absolute atomic E-state index is 0.921. The van der Waals surface area contributed by atoms with E-state index >= 15 is 0 Å². The topological polar surface area (TPSA) is 16.4 Å². The zero-order chi connectivity index (χ0) is 31.6. The molecule has 0 fully saturated rings. The first-order valence-corrected chi connectivity index (χ1v) is 16.4. The lowest BCUT2D eigenvalue weighted by Crippen LogP contribution is -2.10. The summed E-state index contributed by atoms with van der Waals surface area (Å²) in [6, 6.07) is 63.2. The van der Waals surface area contributed by atoms with Gasteiger partial charge in [-0.1, -0.05) is 127 Å². The molecule has 9 aromatic carbocycles. The van der Waals surface area contributed by atoms with Gasteiger partial charge in [-0.25, -0.2) is 0 Å². The van der Waals surface area contributed by atoms with Gasteiger partial charge in [0.2, 0.25) is 0 Å². The SMILES string of the molecule is c1ccc(-c2ccc(N(c3ccc4ccccc4c3)c3ccc4c(ccc5c6oc7ccccc7c6c6ccccc6c45)c3)cc2)cc1. The molecule has 2 heteroatoms. The summed E-state index contributed by atoms with van der Waals surface area (Å²) in [5, 5.41) is 12.0. The van der Waals surface area contributed by atoms with Crippen LogP contribution >= 0.6 is 0 Å². The molecule has 0 aliphatic heterocycles. The second-order valence-corrected chi connectivity index (χ2v) is 12.5. The molecule has 2 nitrogen and oxygen atoms in total. The van der Waals surface area contributed by atoms with Crippen LogP contribution in [0.3, 0.4) is 0 Å². The number of anilines is 3. The van der Waals surface area contributed by atoms with Crippen LogP contribution in [0.5, 0.6) is 0 Å². The first-order chi connectivity index (χ1) is 23.8. The number of nitrogens with zero attached hydrogens (tertiary/aromatic N) is 1. The molecule has 0 saturated carbocycles. The van der Waals surface area contributed by atoms with Crippen LogP contribution in [0.15, 0.2) is 180 Å². The van der Waals surface area contributed by atoms with Gasteiger partial charge in [0.25, 0.3) is 0 Å². The van der Waals surface area contributed by atoms with Crippen molar-refractivity contribution in [1.29, 1.82) is 0 Å². The second-order valence-electron chi connectivity index (χ2n) is 12.5. The molecule has 0 amide bonds. The Hall–Kier alpha value is -6.38. The molecule has 10 rings (SSSR count). The van der Waals surface area contributed by atoms with Crippen LogP contribution in [0.4, 0.5) is 17.1 Å². The molecule has 0 bridgehead atoms. The van der Waals surface area contributed by atoms with Crippen LogP contribution in [0, 0.1) is 0 Å². The summed E-state index contributed by atoms with van der Waals surface area (Å²) in [5.74, 6) is 0. The van der Waals surface area contributed by atoms with Crippen LogP contribution in [0.25, 0.3) is 76.2 Å². The fourth-order valence-corrected chi connectivity index (χ4v) is 7.55. The third-order valence-electron chi connectivity index (χ3n) is 9.79. The maximum atomic E-state index is 6.57. The maximum Gasteiger partial charge on any atom is 0.143 e. The highest BCUT2D eigenvalue weighted by Crippen LogP contribution is 2.45. The zero-order valence-electron chi connectivity index (χ0n) is 26.1. The van der Waals surface area contributed by atoms with Gasteiger partial charge in [-0.3, -0.25) is 0 Å². The predicted molar refractivity (Wildman–Crippen MR) is 204 cm³/mol. The summed E-state index contributed by atoms with van der Waals surface area (Å²) in [5.41, 5.74) is 7.63. The van der Waals surface area contributed by atoms with Gasteiger partial charge < -0.3 is 9.32 Å². The van der Waals surface area contributed by atoms with Crippen molar-refractivity contribution in [2.45, 2.75) is 0 Å². The molecule has 0 saturated heterocycles. The van der Waals surface area contributed by atoms with E-state index in [4.69, 9.17) is 4.42 Å². The quantitative estimate of drug-likeness (QED) is 0.184. The molecule has 10 aromatic rings. The number of benzene rings is 9. The summed E-state index contributed by atoms with van der Waals surface area (Å²) in [7, 11) is 0. The second kappa shape index (κ2) is 10.6. The van der Waals surface area contributed by atoms with E-state index in [0.717, 1.165) is 39.0 Å². The lowest BCUT2D eigenvalue weighted by atomic mass is 9.93. The van der Waals surface area contributed by atoms with Gasteiger partial charge in [0.15, 0.2) is 0 Å². The van der Waals surface area contributed by atoms with Gasteiger partial charge in [-0.2, -0.15) is 0 Å². The van der Waals surface area contributed by atoms with E-state index in [1.807, 2.05) is 6.07 Å². The van der Waals surface area contributed by atoms with Gasteiger partial charge in [0.1, 0.15) is 11.2 Å². The molecule has 0 unspecified atom stereocenters. The van der Waals surface area contributed by atoms with Crippen molar-refractivity contribution in [3.63, 3.8) is 0 Å². The number of hydrogen-bond acceptors (Lipinski definition) is 2. The standard InChI is InChI=1S/C46H29NO/c1-2-10-30(11-3-1)32-18-22-35(23-19-32)47(36-24-20-31-12-4-5-13-33(31)28-36)37-25-27-38-34(29-37)21-26-42-44(38)39-14-6-7-15-40(39)45-41-16-8-9-17-43(41)48-46(42)45/h1-29H. The summed E-state index contributed by atoms with van der Waals surface area (Å²) >= 11 is 0. The summed E-state index contributed by atoms with van der Waals surface area (Å²) < 4.78 is 6.57. The average Bonchev–Trinajstić information content (AvgIpc) is 3.55. The highest BCUT2D eigenvalue weighted by molar-refractivity contribution is 6.34. The third-order valence-corrected chi connectivity index (χ3v) is 9.79. The maximum absolute atomic E-state index is 6.57. The van der Waals surface area contributed by atoms with E-state index in [2.05, 4.69) is 175 Å². The van der Waals surface area contributed by atoms with Gasteiger partial charge in [0.05, 0.1) is 0 Å². The molecule has 48 heavy (non-hydrogen) atoms. The van der Waals surface area contributed by atoms with Crippen LogP contribution in [-0.4, -0.2) is 0 Å². The minimum Gasteiger partial charge on any atom is -0.455 e. The normalized spacial score (nSPS) is 11.8. The first kappa shape index (κ1) is 26.8. The molecule has 1 heterocycles. The fraction of sp³-hybridized carbons (Fsp3) is 0. The summed E-state index contributed by atoms with van der Waals surface area (Å²) in [6.45, 7) is 0. The fourth-order valence-electron chi connectivity index (χ4n) is 7.55. The number of rotatable bonds is 4. The monoisotopic (exact) mass is 611 g/mol. The third kappa shape index (κ3) is 4.13. The van der Waals surface area contributed by atoms with Crippen molar-refractivity contribution >= 4 is 82.1 Å². The first-order valence-electron chi connectivity index (χ1n) is 16.4. The average molecular weight is 612 g/mol. The molecule has 0 aliphatic rings. The number of hydrogen-bond donors (Lipinski definition) is 0. The van der Waals surface area contributed by atoms with E-state index in [1.165, 1.54) is 54.2 Å². The van der Waals surface area contributed by atoms with Crippen molar-refractivity contribution in [2.75, 3.05) is 4.90 Å². The van der Waals surface area contributed by atoms with Gasteiger partial charge in [-0.15, -0.1) is 0 Å². The van der Waals surface area contributed by atoms with E-state index < -0.39 is 0 Å². The Labute approximate surface area is 277 Å². The Morgan fingerprint density at radius 3 is 1.71 bits per heavy atom. The van der Waals surface area contributed by atoms with E-state index in [9.17, 15) is 0 Å². The van der Waals surface area contributed by atoms with Crippen molar-refractivity contribution in [2.24, 2.45) is 0 Å². The lowest BCUT2D eigenvalue weighted by Gasteiger charge is -2.26. The highest BCUT2D eigenvalue weighted by atomic mass is 16.3. The van der Waals surface area contributed by atoms with Crippen LogP contribution < -0.4 is 4.90 Å². The molecule has 1 aromatic heterocycles. The minimum atomic E-state index is 0.921. The number of furan rings is 1. The molecular weight excluding hydrogens is 583 g/mol. The van der Waals surface area contributed by atoms with Crippen molar-refractivity contribution in [3.8, 4) is 11.1 Å². The highest BCUT2D eigenvalue weighted by Gasteiger charge is 2.19. The molecular formula is C46H29NO. The molecule has 0 spiro atoms. The Morgan fingerprint density at radius 2 is 0.896 bits per heavy atom. The lowest BCUT2D eigenvalue weighted by molar-refractivity contribution is 0.673. The number of fused-ring (bicyclic) bond motifs is 11. The number of para-hydroxylation sites is 1. The van der Waals surface area contributed by atoms with E-state index in [-0.39, 0.29) is 0 Å². The van der Waals surface area contributed by atoms with Crippen molar-refractivity contribution < 1.29 is 4.42 Å². The van der Waals surface area contributed by atoms with Gasteiger partial charge >= 0.3 is 0 Å². The van der Waals surface area contributed by atoms with E-state index in [1.54, 1.807) is 0 Å². The Morgan fingerprint density at radius 1 is 0.333 bits per heavy atom. The van der Waals surface area contributed by atoms with Crippen molar-refractivity contribution in [1.82, 2.24) is 0 Å². The predicted octanol–water partition coefficient (Wildman–Crippen LogP) is 13.3. The zero-order valence-corrected chi connectivity index (χ0v) is 26.1. The molecule has 224 valence electrons. The van der Waals surface area contributed by atoms with E-state index in [0.29, 0.717) is 0 Å². The van der Waals surface area contributed by atoms with Crippen molar-refractivity contribution in [3.05, 3.63) is 176 Å². The Bertz CT molecular complexity index is 2830. The van der Waals surface area contributed by atoms with Gasteiger partial charge in [-0.05, 0) is 92.0 Å². The summed E-state index contributed by atoms with van der Waals surface area (Å²) in [4.78, 5) is 2.37. The molecule has 0 atom stereocenters. The Kier molecular flexibility index (Phi) is 5.91. The molecule has 0 aliphatic carbocycles. The Balaban J connectivity index is 1.20. The van der Waals surface area contributed by atoms with Crippen LogP contribution in [0.1, 0.15) is 0 Å². The summed E-state index contributed by atoms with van der Waals surface area (Å²) in [6.07, 6.45) is 0. The molecule has 0 N–H and O–H groups in total. The molecule has 0 radical (unpaired) electrons. The van der Waals surface area contributed by atoms with Crippen LogP contribution in [-0.2, 0) is 0 Å². The van der Waals surface area contributed by atoms with Gasteiger partial charge in [0, 0.05) is 38.6 Å². The largest absolute Gasteiger partial charge is 0.455 e. The van der Waals surface area contributed by atoms with Crippen LogP contribution in [0.2, 0.25) is 0 Å². The smallest absolute Gasteiger partial charge is 0.143 e.